The zero-order chi connectivity index (χ0) is 16.7. The number of rotatable bonds is 6. The third-order valence-corrected chi connectivity index (χ3v) is 4.62. The lowest BCUT2D eigenvalue weighted by molar-refractivity contribution is 0.0800. The van der Waals surface area contributed by atoms with E-state index in [0.717, 1.165) is 25.7 Å². The Hall–Kier alpha value is -1.30. The molecule has 0 unspecified atom stereocenters. The van der Waals surface area contributed by atoms with Gasteiger partial charge < -0.3 is 14.4 Å². The normalized spacial score (nSPS) is 15.5. The average Bonchev–Trinajstić information content (AvgIpc) is 2.56. The summed E-state index contributed by atoms with van der Waals surface area (Å²) in [5.74, 6) is 0.584. The van der Waals surface area contributed by atoms with Gasteiger partial charge in [0, 0.05) is 19.2 Å². The van der Waals surface area contributed by atoms with Gasteiger partial charge in [-0.2, -0.15) is 0 Å². The van der Waals surface area contributed by atoms with Crippen LogP contribution in [-0.4, -0.2) is 37.3 Å². The highest BCUT2D eigenvalue weighted by Gasteiger charge is 2.24. The van der Waals surface area contributed by atoms with E-state index in [0.29, 0.717) is 42.4 Å². The monoisotopic (exact) mass is 387 g/mol. The van der Waals surface area contributed by atoms with Crippen molar-refractivity contribution in [3.05, 3.63) is 28.5 Å². The van der Waals surface area contributed by atoms with Gasteiger partial charge in [0.2, 0.25) is 0 Å². The predicted octanol–water partition coefficient (Wildman–Crippen LogP) is 4.62. The molecular weight excluding hydrogens is 365 g/mol. The summed E-state index contributed by atoms with van der Waals surface area (Å²) >= 11 is 3.12. The quantitative estimate of drug-likeness (QED) is 0.668. The fourth-order valence-corrected chi connectivity index (χ4v) is 2.70. The van der Waals surface area contributed by atoms with Crippen LogP contribution >= 0.6 is 15.9 Å². The van der Waals surface area contributed by atoms with E-state index in [9.17, 15) is 9.18 Å². The van der Waals surface area contributed by atoms with Gasteiger partial charge in [0.1, 0.15) is 11.6 Å². The average molecular weight is 388 g/mol. The number of amides is 1. The Bertz CT molecular complexity index is 519. The summed E-state index contributed by atoms with van der Waals surface area (Å²) in [6.45, 7) is 4.48. The number of carbonyl (C=O) groups is 1. The maximum Gasteiger partial charge on any atom is 0.409 e. The number of likely N-dealkylation sites (tertiary alicyclic amines) is 1. The summed E-state index contributed by atoms with van der Waals surface area (Å²) in [5.41, 5.74) is 0. The van der Waals surface area contributed by atoms with Crippen LogP contribution in [0.3, 0.4) is 0 Å². The third kappa shape index (κ3) is 5.68. The molecule has 0 radical (unpaired) electrons. The van der Waals surface area contributed by atoms with Crippen LogP contribution in [0.2, 0.25) is 0 Å². The molecule has 6 heteroatoms. The highest BCUT2D eigenvalue weighted by Crippen LogP contribution is 2.23. The summed E-state index contributed by atoms with van der Waals surface area (Å²) in [4.78, 5) is 13.6. The number of carbonyl (C=O) groups excluding carboxylic acids is 1. The Morgan fingerprint density at radius 1 is 1.39 bits per heavy atom. The third-order valence-electron chi connectivity index (χ3n) is 3.97. The van der Waals surface area contributed by atoms with Gasteiger partial charge in [0.15, 0.2) is 0 Å². The summed E-state index contributed by atoms with van der Waals surface area (Å²) < 4.78 is 24.7. The zero-order valence-electron chi connectivity index (χ0n) is 13.4. The molecule has 0 aromatic heterocycles. The van der Waals surface area contributed by atoms with E-state index in [1.165, 1.54) is 6.07 Å². The van der Waals surface area contributed by atoms with Crippen molar-refractivity contribution in [2.24, 2.45) is 5.92 Å². The Morgan fingerprint density at radius 3 is 2.78 bits per heavy atom. The lowest BCUT2D eigenvalue weighted by Gasteiger charge is -2.31. The van der Waals surface area contributed by atoms with Gasteiger partial charge in [0.25, 0.3) is 0 Å². The molecular formula is C17H23BrFNO3. The number of unbranched alkanes of at least 4 members (excludes halogenated alkanes) is 1. The molecule has 1 amide bonds. The van der Waals surface area contributed by atoms with Crippen LogP contribution in [0.5, 0.6) is 5.75 Å². The van der Waals surface area contributed by atoms with E-state index in [1.54, 1.807) is 17.0 Å². The van der Waals surface area contributed by atoms with E-state index >= 15 is 0 Å². The molecule has 2 rings (SSSR count). The molecule has 0 aliphatic carbocycles. The Labute approximate surface area is 145 Å². The Kier molecular flexibility index (Phi) is 7.15. The van der Waals surface area contributed by atoms with Crippen molar-refractivity contribution in [3.8, 4) is 5.75 Å². The zero-order valence-corrected chi connectivity index (χ0v) is 15.0. The summed E-state index contributed by atoms with van der Waals surface area (Å²) in [6, 6.07) is 4.76. The number of halogens is 2. The minimum Gasteiger partial charge on any atom is -0.493 e. The van der Waals surface area contributed by atoms with Gasteiger partial charge in [-0.25, -0.2) is 9.18 Å². The van der Waals surface area contributed by atoms with Gasteiger partial charge in [-0.1, -0.05) is 13.3 Å². The molecule has 0 N–H and O–H groups in total. The second-order valence-electron chi connectivity index (χ2n) is 5.79. The molecule has 0 bridgehead atoms. The standard InChI is InChI=1S/C17H23BrFNO3/c1-2-3-10-22-17(21)20-8-6-13(7-9-20)12-23-14-4-5-15(18)16(19)11-14/h4-5,11,13H,2-3,6-10,12H2,1H3. The molecule has 1 fully saturated rings. The van der Waals surface area contributed by atoms with Crippen LogP contribution in [-0.2, 0) is 4.74 Å². The van der Waals surface area contributed by atoms with Crippen molar-refractivity contribution in [1.29, 1.82) is 0 Å². The van der Waals surface area contributed by atoms with Crippen LogP contribution in [0.25, 0.3) is 0 Å². The van der Waals surface area contributed by atoms with Crippen molar-refractivity contribution in [1.82, 2.24) is 4.90 Å². The van der Waals surface area contributed by atoms with E-state index in [4.69, 9.17) is 9.47 Å². The maximum atomic E-state index is 13.4. The first-order chi connectivity index (χ1) is 11.1. The molecule has 0 spiro atoms. The van der Waals surface area contributed by atoms with Crippen molar-refractivity contribution in [2.45, 2.75) is 32.6 Å². The van der Waals surface area contributed by atoms with Gasteiger partial charge in [0.05, 0.1) is 17.7 Å². The maximum absolute atomic E-state index is 13.4. The smallest absolute Gasteiger partial charge is 0.409 e. The fourth-order valence-electron chi connectivity index (χ4n) is 2.46. The first kappa shape index (κ1) is 18.0. The molecule has 1 heterocycles. The van der Waals surface area contributed by atoms with E-state index in [1.807, 2.05) is 0 Å². The number of hydrogen-bond acceptors (Lipinski definition) is 3. The lowest BCUT2D eigenvalue weighted by Crippen LogP contribution is -2.40. The largest absolute Gasteiger partial charge is 0.493 e. The van der Waals surface area contributed by atoms with Crippen molar-refractivity contribution in [3.63, 3.8) is 0 Å². The van der Waals surface area contributed by atoms with Crippen molar-refractivity contribution >= 4 is 22.0 Å². The molecule has 1 aliphatic rings. The summed E-state index contributed by atoms with van der Waals surface area (Å²) in [5, 5.41) is 0. The van der Waals surface area contributed by atoms with Gasteiger partial charge in [-0.15, -0.1) is 0 Å². The molecule has 1 aromatic carbocycles. The number of nitrogens with zero attached hydrogens (tertiary/aromatic N) is 1. The van der Waals surface area contributed by atoms with E-state index < -0.39 is 0 Å². The summed E-state index contributed by atoms with van der Waals surface area (Å²) in [6.07, 6.45) is 3.46. The Morgan fingerprint density at radius 2 is 2.13 bits per heavy atom. The highest BCUT2D eigenvalue weighted by atomic mass is 79.9. The molecule has 128 valence electrons. The van der Waals surface area contributed by atoms with Crippen LogP contribution in [0.4, 0.5) is 9.18 Å². The minimum absolute atomic E-state index is 0.215. The van der Waals surface area contributed by atoms with Crippen LogP contribution in [0, 0.1) is 11.7 Å². The van der Waals surface area contributed by atoms with Gasteiger partial charge >= 0.3 is 6.09 Å². The number of hydrogen-bond donors (Lipinski definition) is 0. The van der Waals surface area contributed by atoms with Crippen LogP contribution in [0.15, 0.2) is 22.7 Å². The molecule has 1 aromatic rings. The lowest BCUT2D eigenvalue weighted by atomic mass is 9.98. The van der Waals surface area contributed by atoms with Gasteiger partial charge in [-0.05, 0) is 53.2 Å². The topological polar surface area (TPSA) is 38.8 Å². The first-order valence-corrected chi connectivity index (χ1v) is 8.89. The second-order valence-corrected chi connectivity index (χ2v) is 6.64. The van der Waals surface area contributed by atoms with E-state index in [2.05, 4.69) is 22.9 Å². The SMILES string of the molecule is CCCCOC(=O)N1CCC(COc2ccc(Br)c(F)c2)CC1. The van der Waals surface area contributed by atoms with E-state index in [-0.39, 0.29) is 11.9 Å². The van der Waals surface area contributed by atoms with Gasteiger partial charge in [-0.3, -0.25) is 0 Å². The van der Waals surface area contributed by atoms with Crippen molar-refractivity contribution in [2.75, 3.05) is 26.3 Å². The van der Waals surface area contributed by atoms with Crippen LogP contribution < -0.4 is 4.74 Å². The predicted molar refractivity (Wildman–Crippen MR) is 90.1 cm³/mol. The molecule has 4 nitrogen and oxygen atoms in total. The first-order valence-electron chi connectivity index (χ1n) is 8.09. The fraction of sp³-hybridized carbons (Fsp3) is 0.588. The molecule has 23 heavy (non-hydrogen) atoms. The van der Waals surface area contributed by atoms with Crippen LogP contribution in [0.1, 0.15) is 32.6 Å². The minimum atomic E-state index is -0.327. The Balaban J connectivity index is 1.70. The molecule has 1 saturated heterocycles. The number of benzene rings is 1. The second kappa shape index (κ2) is 9.11. The molecule has 0 atom stereocenters. The number of piperidine rings is 1. The molecule has 0 saturated carbocycles. The summed E-state index contributed by atoms with van der Waals surface area (Å²) in [7, 11) is 0. The van der Waals surface area contributed by atoms with Crippen molar-refractivity contribution < 1.29 is 18.7 Å². The number of ether oxygens (including phenoxy) is 2. The highest BCUT2D eigenvalue weighted by molar-refractivity contribution is 9.10. The molecule has 1 aliphatic heterocycles.